The zero-order chi connectivity index (χ0) is 17.4. The van der Waals surface area contributed by atoms with Crippen LogP contribution in [0, 0.1) is 24.5 Å². The van der Waals surface area contributed by atoms with Crippen molar-refractivity contribution in [1.82, 2.24) is 4.90 Å². The first-order chi connectivity index (χ1) is 10.6. The van der Waals surface area contributed by atoms with Crippen LogP contribution >= 0.6 is 0 Å². The summed E-state index contributed by atoms with van der Waals surface area (Å²) >= 11 is 0. The fourth-order valence-electron chi connectivity index (χ4n) is 2.68. The highest BCUT2D eigenvalue weighted by Gasteiger charge is 2.44. The summed E-state index contributed by atoms with van der Waals surface area (Å²) in [7, 11) is 0. The van der Waals surface area contributed by atoms with Gasteiger partial charge in [0.05, 0.1) is 5.56 Å². The molecule has 1 saturated heterocycles. The molecular weight excluding hydrogens is 321 g/mol. The summed E-state index contributed by atoms with van der Waals surface area (Å²) in [6.45, 7) is 1.34. The number of carbonyl (C=O) groups is 1. The second kappa shape index (κ2) is 6.43. The number of benzene rings is 1. The number of hydrogen-bond donors (Lipinski definition) is 1. The van der Waals surface area contributed by atoms with E-state index < -0.39 is 35.7 Å². The molecule has 0 aliphatic carbocycles. The van der Waals surface area contributed by atoms with Crippen LogP contribution in [0.2, 0.25) is 0 Å². The van der Waals surface area contributed by atoms with Crippen molar-refractivity contribution in [1.29, 1.82) is 0 Å². The third-order valence-electron chi connectivity index (χ3n) is 4.09. The number of hydrogen-bond acceptors (Lipinski definition) is 2. The molecule has 23 heavy (non-hydrogen) atoms. The van der Waals surface area contributed by atoms with Gasteiger partial charge < -0.3 is 10.0 Å². The zero-order valence-corrected chi connectivity index (χ0v) is 12.3. The Morgan fingerprint density at radius 2 is 1.78 bits per heavy atom. The Labute approximate surface area is 129 Å². The van der Waals surface area contributed by atoms with E-state index in [1.807, 2.05) is 0 Å². The molecule has 1 amide bonds. The number of piperidine rings is 1. The number of aliphatic hydroxyl groups excluding tert-OH is 1. The van der Waals surface area contributed by atoms with Crippen molar-refractivity contribution in [3.05, 3.63) is 34.9 Å². The minimum atomic E-state index is -4.70. The van der Waals surface area contributed by atoms with Crippen LogP contribution in [-0.2, 0) is 0 Å². The van der Waals surface area contributed by atoms with E-state index in [1.165, 1.54) is 11.8 Å². The number of aryl methyl sites for hydroxylation is 1. The molecule has 1 aromatic rings. The van der Waals surface area contributed by atoms with E-state index in [-0.39, 0.29) is 37.1 Å². The molecule has 0 radical (unpaired) electrons. The van der Waals surface area contributed by atoms with Gasteiger partial charge in [0.1, 0.15) is 11.6 Å². The molecule has 1 unspecified atom stereocenters. The Morgan fingerprint density at radius 3 is 2.30 bits per heavy atom. The maximum absolute atomic E-state index is 13.7. The van der Waals surface area contributed by atoms with Crippen molar-refractivity contribution in [2.75, 3.05) is 13.1 Å². The van der Waals surface area contributed by atoms with Gasteiger partial charge in [0.25, 0.3) is 5.91 Å². The van der Waals surface area contributed by atoms with E-state index in [9.17, 15) is 31.9 Å². The molecule has 0 bridgehead atoms. The highest BCUT2D eigenvalue weighted by Crippen LogP contribution is 2.32. The summed E-state index contributed by atoms with van der Waals surface area (Å²) in [6.07, 6.45) is -7.19. The van der Waals surface area contributed by atoms with Crippen LogP contribution in [-0.4, -0.2) is 41.3 Å². The van der Waals surface area contributed by atoms with E-state index in [0.29, 0.717) is 6.07 Å². The van der Waals surface area contributed by atoms with Crippen LogP contribution in [0.25, 0.3) is 0 Å². The number of carbonyl (C=O) groups excluding carboxylic acids is 1. The highest BCUT2D eigenvalue weighted by molar-refractivity contribution is 5.94. The average Bonchev–Trinajstić information content (AvgIpc) is 2.49. The lowest BCUT2D eigenvalue weighted by Crippen LogP contribution is -2.45. The normalized spacial score (nSPS) is 18.1. The Balaban J connectivity index is 2.06. The molecular formula is C15H16F5NO2. The van der Waals surface area contributed by atoms with Crippen LogP contribution in [0.15, 0.2) is 12.1 Å². The topological polar surface area (TPSA) is 40.5 Å². The second-order valence-electron chi connectivity index (χ2n) is 5.70. The van der Waals surface area contributed by atoms with E-state index in [0.717, 1.165) is 6.07 Å². The summed E-state index contributed by atoms with van der Waals surface area (Å²) in [4.78, 5) is 13.5. The van der Waals surface area contributed by atoms with Crippen molar-refractivity contribution < 1.29 is 31.9 Å². The Morgan fingerprint density at radius 1 is 1.22 bits per heavy atom. The predicted molar refractivity (Wildman–Crippen MR) is 71.8 cm³/mol. The molecule has 2 rings (SSSR count). The zero-order valence-electron chi connectivity index (χ0n) is 12.3. The lowest BCUT2D eigenvalue weighted by molar-refractivity contribution is -0.222. The van der Waals surface area contributed by atoms with Gasteiger partial charge in [-0.1, -0.05) is 0 Å². The van der Waals surface area contributed by atoms with Crippen LogP contribution < -0.4 is 0 Å². The molecule has 1 N–H and O–H groups in total. The van der Waals surface area contributed by atoms with Gasteiger partial charge in [-0.15, -0.1) is 0 Å². The largest absolute Gasteiger partial charge is 0.414 e. The molecule has 1 aromatic carbocycles. The molecule has 0 saturated carbocycles. The van der Waals surface area contributed by atoms with Gasteiger partial charge >= 0.3 is 6.18 Å². The third-order valence-corrected chi connectivity index (χ3v) is 4.09. The lowest BCUT2D eigenvalue weighted by Gasteiger charge is -2.34. The molecule has 1 aliphatic rings. The first-order valence-corrected chi connectivity index (χ1v) is 7.11. The molecule has 1 fully saturated rings. The van der Waals surface area contributed by atoms with Crippen LogP contribution in [0.3, 0.4) is 0 Å². The molecule has 0 spiro atoms. The quantitative estimate of drug-likeness (QED) is 0.843. The fourth-order valence-corrected chi connectivity index (χ4v) is 2.68. The lowest BCUT2D eigenvalue weighted by atomic mass is 9.90. The van der Waals surface area contributed by atoms with Crippen molar-refractivity contribution in [3.8, 4) is 0 Å². The van der Waals surface area contributed by atoms with Crippen LogP contribution in [0.5, 0.6) is 0 Å². The van der Waals surface area contributed by atoms with Crippen LogP contribution in [0.1, 0.15) is 28.8 Å². The van der Waals surface area contributed by atoms with Gasteiger partial charge in [-0.3, -0.25) is 4.79 Å². The third kappa shape index (κ3) is 3.80. The smallest absolute Gasteiger partial charge is 0.383 e. The van der Waals surface area contributed by atoms with E-state index in [4.69, 9.17) is 0 Å². The van der Waals surface area contributed by atoms with Crippen molar-refractivity contribution in [2.24, 2.45) is 5.92 Å². The van der Waals surface area contributed by atoms with Crippen molar-refractivity contribution in [3.63, 3.8) is 0 Å². The minimum absolute atomic E-state index is 0.0213. The monoisotopic (exact) mass is 337 g/mol. The predicted octanol–water partition coefficient (Wildman–Crippen LogP) is 3.05. The van der Waals surface area contributed by atoms with Gasteiger partial charge in [0.2, 0.25) is 0 Å². The molecule has 3 nitrogen and oxygen atoms in total. The van der Waals surface area contributed by atoms with Gasteiger partial charge in [-0.25, -0.2) is 8.78 Å². The first-order valence-electron chi connectivity index (χ1n) is 7.11. The SMILES string of the molecule is Cc1cc(C(=O)N2CCC(C(O)C(F)(F)F)CC2)c(F)cc1F. The molecule has 1 atom stereocenters. The standard InChI is InChI=1S/C15H16F5NO2/c1-8-6-10(12(17)7-11(8)16)14(23)21-4-2-9(3-5-21)13(22)15(18,19)20/h6-7,9,13,22H,2-5H2,1H3. The summed E-state index contributed by atoms with van der Waals surface area (Å²) in [5, 5.41) is 9.23. The number of alkyl halides is 3. The summed E-state index contributed by atoms with van der Waals surface area (Å²) < 4.78 is 64.4. The Hall–Kier alpha value is -1.70. The molecule has 0 aromatic heterocycles. The Bertz CT molecular complexity index is 594. The number of likely N-dealkylation sites (tertiary alicyclic amines) is 1. The van der Waals surface area contributed by atoms with Gasteiger partial charge in [-0.05, 0) is 37.3 Å². The average molecular weight is 337 g/mol. The number of aliphatic hydroxyl groups is 1. The van der Waals surface area contributed by atoms with Gasteiger partial charge in [-0.2, -0.15) is 13.2 Å². The molecule has 128 valence electrons. The molecule has 1 heterocycles. The summed E-state index contributed by atoms with van der Waals surface area (Å²) in [5.41, 5.74) is -0.198. The minimum Gasteiger partial charge on any atom is -0.383 e. The van der Waals surface area contributed by atoms with Gasteiger partial charge in [0, 0.05) is 19.2 Å². The number of halogens is 5. The van der Waals surface area contributed by atoms with Crippen molar-refractivity contribution >= 4 is 5.91 Å². The first kappa shape index (κ1) is 17.7. The summed E-state index contributed by atoms with van der Waals surface area (Å²) in [6, 6.07) is 1.70. The highest BCUT2D eigenvalue weighted by atomic mass is 19.4. The molecule has 8 heteroatoms. The number of rotatable bonds is 2. The van der Waals surface area contributed by atoms with Crippen molar-refractivity contribution in [2.45, 2.75) is 32.0 Å². The van der Waals surface area contributed by atoms with E-state index in [2.05, 4.69) is 0 Å². The second-order valence-corrected chi connectivity index (χ2v) is 5.70. The maximum atomic E-state index is 13.7. The molecule has 1 aliphatic heterocycles. The maximum Gasteiger partial charge on any atom is 0.414 e. The summed E-state index contributed by atoms with van der Waals surface area (Å²) in [5.74, 6) is -3.45. The number of amides is 1. The van der Waals surface area contributed by atoms with E-state index in [1.54, 1.807) is 0 Å². The number of nitrogens with zero attached hydrogens (tertiary/aromatic N) is 1. The fraction of sp³-hybridized carbons (Fsp3) is 0.533. The van der Waals surface area contributed by atoms with E-state index >= 15 is 0 Å². The Kier molecular flexibility index (Phi) is 4.93. The van der Waals surface area contributed by atoms with Gasteiger partial charge in [0.15, 0.2) is 6.10 Å². The van der Waals surface area contributed by atoms with Crippen LogP contribution in [0.4, 0.5) is 22.0 Å².